The molecule has 0 saturated heterocycles. The van der Waals surface area contributed by atoms with Gasteiger partial charge in [0.1, 0.15) is 16.5 Å². The van der Waals surface area contributed by atoms with Crippen molar-refractivity contribution in [2.45, 2.75) is 38.5 Å². The molecule has 2 aliphatic rings. The average Bonchev–Trinajstić information content (AvgIpc) is 3.01. The number of hydrogen-bond acceptors (Lipinski definition) is 4. The Balaban J connectivity index is 1.81. The van der Waals surface area contributed by atoms with Crippen LogP contribution < -0.4 is 5.73 Å². The number of aromatic nitrogens is 2. The fourth-order valence-electron chi connectivity index (χ4n) is 3.81. The summed E-state index contributed by atoms with van der Waals surface area (Å²) in [6, 6.07) is 2.10. The molecule has 0 spiro atoms. The molecule has 0 radical (unpaired) electrons. The molecule has 2 aliphatic carbocycles. The van der Waals surface area contributed by atoms with Gasteiger partial charge >= 0.3 is 0 Å². The number of nitrogens with two attached hydrogens (primary N) is 1. The Kier molecular flexibility index (Phi) is 2.19. The summed E-state index contributed by atoms with van der Waals surface area (Å²) in [5, 5.41) is 1.03. The predicted molar refractivity (Wildman–Crippen MR) is 74.8 cm³/mol. The number of anilines is 1. The molecule has 3 unspecified atom stereocenters. The van der Waals surface area contributed by atoms with E-state index in [0.29, 0.717) is 11.7 Å². The maximum absolute atomic E-state index is 6.09. The van der Waals surface area contributed by atoms with Gasteiger partial charge in [-0.05, 0) is 44.1 Å². The topological polar surface area (TPSA) is 51.8 Å². The Morgan fingerprint density at radius 2 is 2.17 bits per heavy atom. The molecule has 0 amide bonds. The van der Waals surface area contributed by atoms with Gasteiger partial charge in [0.05, 0.1) is 5.39 Å². The highest BCUT2D eigenvalue weighted by Gasteiger charge is 2.41. The van der Waals surface area contributed by atoms with Gasteiger partial charge in [0, 0.05) is 10.8 Å². The van der Waals surface area contributed by atoms with Crippen molar-refractivity contribution >= 4 is 27.4 Å². The molecule has 4 heteroatoms. The first-order valence-corrected chi connectivity index (χ1v) is 7.56. The summed E-state index contributed by atoms with van der Waals surface area (Å²) >= 11 is 1.73. The van der Waals surface area contributed by atoms with Gasteiger partial charge in [-0.15, -0.1) is 11.3 Å². The van der Waals surface area contributed by atoms with Crippen LogP contribution in [0.3, 0.4) is 0 Å². The Morgan fingerprint density at radius 1 is 1.28 bits per heavy atom. The molecule has 2 aromatic rings. The van der Waals surface area contributed by atoms with Crippen LogP contribution in [-0.4, -0.2) is 9.97 Å². The third-order valence-electron chi connectivity index (χ3n) is 4.63. The van der Waals surface area contributed by atoms with Crippen molar-refractivity contribution in [2.24, 2.45) is 11.8 Å². The van der Waals surface area contributed by atoms with Crippen LogP contribution in [0, 0.1) is 18.8 Å². The minimum absolute atomic E-state index is 0.567. The van der Waals surface area contributed by atoms with Crippen molar-refractivity contribution in [1.29, 1.82) is 0 Å². The molecule has 2 saturated carbocycles. The SMILES string of the molecule is Cc1cc2c(N)nc(C3CC4CCC3C4)nc2s1. The van der Waals surface area contributed by atoms with Gasteiger partial charge in [0.25, 0.3) is 0 Å². The minimum atomic E-state index is 0.567. The zero-order chi connectivity index (χ0) is 12.3. The minimum Gasteiger partial charge on any atom is -0.383 e. The van der Waals surface area contributed by atoms with Crippen LogP contribution in [0.2, 0.25) is 0 Å². The first kappa shape index (κ1) is 10.7. The highest BCUT2D eigenvalue weighted by molar-refractivity contribution is 7.18. The van der Waals surface area contributed by atoms with Crippen LogP contribution in [0.25, 0.3) is 10.2 Å². The lowest BCUT2D eigenvalue weighted by molar-refractivity contribution is 0.406. The van der Waals surface area contributed by atoms with Crippen LogP contribution in [-0.2, 0) is 0 Å². The summed E-state index contributed by atoms with van der Waals surface area (Å²) in [4.78, 5) is 11.7. The van der Waals surface area contributed by atoms with Crippen molar-refractivity contribution in [3.05, 3.63) is 16.8 Å². The molecule has 3 nitrogen and oxygen atoms in total. The summed E-state index contributed by atoms with van der Waals surface area (Å²) in [7, 11) is 0. The Bertz CT molecular complexity index is 619. The van der Waals surface area contributed by atoms with Gasteiger partial charge in [0.2, 0.25) is 0 Å². The molecule has 0 aromatic carbocycles. The third kappa shape index (κ3) is 1.48. The van der Waals surface area contributed by atoms with Crippen LogP contribution in [0.1, 0.15) is 42.3 Å². The highest BCUT2D eigenvalue weighted by Crippen LogP contribution is 2.52. The zero-order valence-electron chi connectivity index (χ0n) is 10.5. The molecule has 2 N–H and O–H groups in total. The summed E-state index contributed by atoms with van der Waals surface area (Å²) < 4.78 is 0. The number of nitrogens with zero attached hydrogens (tertiary/aromatic N) is 2. The maximum Gasteiger partial charge on any atom is 0.135 e. The van der Waals surface area contributed by atoms with E-state index in [9.17, 15) is 0 Å². The number of nitrogen functional groups attached to an aromatic ring is 1. The standard InChI is InChI=1S/C14H17N3S/c1-7-4-11-12(15)16-13(17-14(11)18-7)10-6-8-2-3-9(10)5-8/h4,8-10H,2-3,5-6H2,1H3,(H2,15,16,17). The zero-order valence-corrected chi connectivity index (χ0v) is 11.3. The van der Waals surface area contributed by atoms with E-state index in [4.69, 9.17) is 10.7 Å². The van der Waals surface area contributed by atoms with Crippen LogP contribution in [0.15, 0.2) is 6.07 Å². The van der Waals surface area contributed by atoms with E-state index in [1.54, 1.807) is 11.3 Å². The van der Waals surface area contributed by atoms with Crippen LogP contribution in [0.5, 0.6) is 0 Å². The molecular weight excluding hydrogens is 242 g/mol. The summed E-state index contributed by atoms with van der Waals surface area (Å²) in [6.07, 6.45) is 5.44. The van der Waals surface area contributed by atoms with E-state index in [-0.39, 0.29) is 0 Å². The molecule has 2 heterocycles. The number of hydrogen-bond donors (Lipinski definition) is 1. The molecule has 2 aromatic heterocycles. The largest absolute Gasteiger partial charge is 0.383 e. The van der Waals surface area contributed by atoms with Gasteiger partial charge in [0.15, 0.2) is 0 Å². The molecule has 2 bridgehead atoms. The first-order chi connectivity index (χ1) is 8.70. The molecule has 94 valence electrons. The highest BCUT2D eigenvalue weighted by atomic mass is 32.1. The molecular formula is C14H17N3S. The van der Waals surface area contributed by atoms with Gasteiger partial charge in [-0.3, -0.25) is 0 Å². The summed E-state index contributed by atoms with van der Waals surface area (Å²) in [6.45, 7) is 2.10. The van der Waals surface area contributed by atoms with Crippen molar-refractivity contribution in [2.75, 3.05) is 5.73 Å². The Morgan fingerprint density at radius 3 is 2.89 bits per heavy atom. The van der Waals surface area contributed by atoms with Gasteiger partial charge in [-0.1, -0.05) is 6.42 Å². The number of aryl methyl sites for hydroxylation is 1. The normalized spacial score (nSPS) is 30.4. The quantitative estimate of drug-likeness (QED) is 0.853. The second-order valence-corrected chi connectivity index (χ2v) is 7.06. The van der Waals surface area contributed by atoms with Gasteiger partial charge < -0.3 is 5.73 Å². The summed E-state index contributed by atoms with van der Waals surface area (Å²) in [5.74, 6) is 3.98. The number of fused-ring (bicyclic) bond motifs is 3. The fourth-order valence-corrected chi connectivity index (χ4v) is 4.70. The maximum atomic E-state index is 6.09. The van der Waals surface area contributed by atoms with E-state index in [2.05, 4.69) is 18.0 Å². The van der Waals surface area contributed by atoms with Crippen molar-refractivity contribution in [3.8, 4) is 0 Å². The third-order valence-corrected chi connectivity index (χ3v) is 5.58. The number of rotatable bonds is 1. The van der Waals surface area contributed by atoms with Crippen molar-refractivity contribution < 1.29 is 0 Å². The van der Waals surface area contributed by atoms with E-state index >= 15 is 0 Å². The second-order valence-electron chi connectivity index (χ2n) is 5.82. The van der Waals surface area contributed by atoms with Gasteiger partial charge in [-0.25, -0.2) is 9.97 Å². The lowest BCUT2D eigenvalue weighted by Gasteiger charge is -2.20. The smallest absolute Gasteiger partial charge is 0.135 e. The first-order valence-electron chi connectivity index (χ1n) is 6.74. The average molecular weight is 259 g/mol. The second kappa shape index (κ2) is 3.67. The van der Waals surface area contributed by atoms with Crippen molar-refractivity contribution in [3.63, 3.8) is 0 Å². The lowest BCUT2D eigenvalue weighted by atomic mass is 9.88. The monoisotopic (exact) mass is 259 g/mol. The van der Waals surface area contributed by atoms with Crippen LogP contribution in [0.4, 0.5) is 5.82 Å². The summed E-state index contributed by atoms with van der Waals surface area (Å²) in [5.41, 5.74) is 6.09. The molecule has 4 rings (SSSR count). The van der Waals surface area contributed by atoms with Crippen LogP contribution >= 0.6 is 11.3 Å². The van der Waals surface area contributed by atoms with E-state index in [1.165, 1.54) is 30.6 Å². The lowest BCUT2D eigenvalue weighted by Crippen LogP contribution is -2.13. The predicted octanol–water partition coefficient (Wildman–Crippen LogP) is 3.49. The molecule has 18 heavy (non-hydrogen) atoms. The fraction of sp³-hybridized carbons (Fsp3) is 0.571. The Labute approximate surface area is 110 Å². The van der Waals surface area contributed by atoms with Crippen molar-refractivity contribution in [1.82, 2.24) is 9.97 Å². The number of thiophene rings is 1. The van der Waals surface area contributed by atoms with E-state index in [1.807, 2.05) is 0 Å². The molecule has 3 atom stereocenters. The Hall–Kier alpha value is -1.16. The molecule has 2 fully saturated rings. The van der Waals surface area contributed by atoms with E-state index in [0.717, 1.165) is 27.9 Å². The van der Waals surface area contributed by atoms with Gasteiger partial charge in [-0.2, -0.15) is 0 Å². The molecule has 0 aliphatic heterocycles. The van der Waals surface area contributed by atoms with E-state index < -0.39 is 0 Å².